The molecule has 7 nitrogen and oxygen atoms in total. The fourth-order valence-corrected chi connectivity index (χ4v) is 3.02. The number of methoxy groups -OCH3 is 1. The van der Waals surface area contributed by atoms with Crippen LogP contribution in [0.25, 0.3) is 10.9 Å². The highest BCUT2D eigenvalue weighted by Crippen LogP contribution is 2.31. The molecule has 0 saturated heterocycles. The van der Waals surface area contributed by atoms with Crippen LogP contribution >= 0.6 is 11.6 Å². The largest absolute Gasteiger partial charge is 0.497 e. The molecule has 0 fully saturated rings. The van der Waals surface area contributed by atoms with Gasteiger partial charge in [0.25, 0.3) is 5.91 Å². The van der Waals surface area contributed by atoms with Crippen LogP contribution in [0.1, 0.15) is 27.1 Å². The zero-order valence-electron chi connectivity index (χ0n) is 19.5. The van der Waals surface area contributed by atoms with Gasteiger partial charge in [0.2, 0.25) is 0 Å². The fourth-order valence-electron chi connectivity index (χ4n) is 2.93. The smallest absolute Gasteiger partial charge is 0.341 e. The first-order valence-corrected chi connectivity index (χ1v) is 8.73. The van der Waals surface area contributed by atoms with E-state index in [1.54, 1.807) is 18.2 Å². The Balaban J connectivity index is 2.22. The average molecular weight is 420 g/mol. The Kier molecular flexibility index (Phi) is 4.49. The van der Waals surface area contributed by atoms with Gasteiger partial charge in [-0.3, -0.25) is 14.2 Å². The molecular formula is C21H18ClNO6. The van der Waals surface area contributed by atoms with Gasteiger partial charge >= 0.3 is 11.9 Å². The summed E-state index contributed by atoms with van der Waals surface area (Å²) in [5.41, 5.74) is 0.482. The third-order valence-electron chi connectivity index (χ3n) is 4.23. The van der Waals surface area contributed by atoms with E-state index < -0.39 is 59.2 Å². The van der Waals surface area contributed by atoms with Crippen molar-refractivity contribution in [3.8, 4) is 5.75 Å². The first-order chi connectivity index (χ1) is 15.5. The SMILES string of the molecule is [2H]c1c([2H])c(C(=O)n2c(C)c(CC(=O)OCC(=O)O)c3cc(OC)ccc32)c([2H])c([2H])c1Cl. The van der Waals surface area contributed by atoms with Crippen molar-refractivity contribution in [2.45, 2.75) is 13.3 Å². The van der Waals surface area contributed by atoms with Gasteiger partial charge in [-0.15, -0.1) is 0 Å². The molecule has 0 atom stereocenters. The molecule has 0 aliphatic carbocycles. The molecule has 29 heavy (non-hydrogen) atoms. The zero-order valence-corrected chi connectivity index (χ0v) is 16.2. The van der Waals surface area contributed by atoms with E-state index in [1.807, 2.05) is 0 Å². The number of nitrogens with zero attached hydrogens (tertiary/aromatic N) is 1. The quantitative estimate of drug-likeness (QED) is 0.615. The summed E-state index contributed by atoms with van der Waals surface area (Å²) in [6.45, 7) is 0.725. The maximum absolute atomic E-state index is 13.5. The second kappa shape index (κ2) is 8.36. The lowest BCUT2D eigenvalue weighted by molar-refractivity contribution is -0.154. The van der Waals surface area contributed by atoms with Crippen molar-refractivity contribution in [3.63, 3.8) is 0 Å². The van der Waals surface area contributed by atoms with Crippen molar-refractivity contribution in [1.29, 1.82) is 0 Å². The van der Waals surface area contributed by atoms with Crippen LogP contribution in [-0.2, 0) is 20.7 Å². The Labute approximate surface area is 177 Å². The molecule has 0 spiro atoms. The topological polar surface area (TPSA) is 94.8 Å². The molecule has 1 heterocycles. The fraction of sp³-hybridized carbons (Fsp3) is 0.190. The minimum Gasteiger partial charge on any atom is -0.497 e. The van der Waals surface area contributed by atoms with E-state index in [0.717, 1.165) is 0 Å². The summed E-state index contributed by atoms with van der Waals surface area (Å²) in [6.07, 6.45) is -0.349. The summed E-state index contributed by atoms with van der Waals surface area (Å²) >= 11 is 5.84. The highest BCUT2D eigenvalue weighted by molar-refractivity contribution is 6.30. The number of fused-ring (bicyclic) bond motifs is 1. The number of carboxylic acid groups (broad SMARTS) is 1. The Morgan fingerprint density at radius 3 is 2.52 bits per heavy atom. The molecule has 3 aromatic rings. The van der Waals surface area contributed by atoms with Gasteiger partial charge in [0.1, 0.15) is 5.75 Å². The predicted octanol–water partition coefficient (Wildman–Crippen LogP) is 3.47. The molecule has 0 saturated carbocycles. The minimum atomic E-state index is -1.31. The normalized spacial score (nSPS) is 12.7. The second-order valence-electron chi connectivity index (χ2n) is 6.01. The van der Waals surface area contributed by atoms with Crippen molar-refractivity contribution in [2.24, 2.45) is 0 Å². The number of carbonyl (C=O) groups excluding carboxylic acids is 2. The number of esters is 1. The van der Waals surface area contributed by atoms with E-state index in [0.29, 0.717) is 22.2 Å². The highest BCUT2D eigenvalue weighted by Gasteiger charge is 2.22. The molecule has 0 amide bonds. The summed E-state index contributed by atoms with van der Waals surface area (Å²) < 4.78 is 43.3. The summed E-state index contributed by atoms with van der Waals surface area (Å²) in [5.74, 6) is -2.56. The molecular weight excluding hydrogens is 398 g/mol. The molecule has 1 N–H and O–H groups in total. The first kappa shape index (κ1) is 15.6. The number of halogens is 1. The maximum atomic E-state index is 13.5. The van der Waals surface area contributed by atoms with Crippen LogP contribution < -0.4 is 4.74 Å². The van der Waals surface area contributed by atoms with Crippen LogP contribution in [0.15, 0.2) is 42.4 Å². The minimum absolute atomic E-state index is 0.280. The molecule has 3 rings (SSSR count). The summed E-state index contributed by atoms with van der Waals surface area (Å²) in [7, 11) is 1.44. The maximum Gasteiger partial charge on any atom is 0.341 e. The van der Waals surface area contributed by atoms with E-state index >= 15 is 0 Å². The molecule has 0 aliphatic rings. The number of aromatic nitrogens is 1. The van der Waals surface area contributed by atoms with E-state index in [1.165, 1.54) is 18.6 Å². The second-order valence-corrected chi connectivity index (χ2v) is 6.39. The molecule has 0 bridgehead atoms. The van der Waals surface area contributed by atoms with Crippen LogP contribution in [0.2, 0.25) is 5.02 Å². The standard InChI is InChI=1S/C21H18ClNO6/c1-12-16(10-20(26)29-11-19(24)25)17-9-15(28-2)7-8-18(17)23(12)21(27)13-3-5-14(22)6-4-13/h3-9H,10-11H2,1-2H3,(H,24,25)/i3D,4D,5D,6D. The number of carboxylic acids is 1. The number of hydrogen-bond donors (Lipinski definition) is 1. The third kappa shape index (κ3) is 4.25. The van der Waals surface area contributed by atoms with Crippen LogP contribution in [0.5, 0.6) is 5.75 Å². The summed E-state index contributed by atoms with van der Waals surface area (Å²) in [4.78, 5) is 36.4. The van der Waals surface area contributed by atoms with Crippen LogP contribution in [-0.4, -0.2) is 41.2 Å². The van der Waals surface area contributed by atoms with Crippen LogP contribution in [0.3, 0.4) is 0 Å². The number of benzene rings is 2. The van der Waals surface area contributed by atoms with Crippen molar-refractivity contribution in [2.75, 3.05) is 13.7 Å². The highest BCUT2D eigenvalue weighted by atomic mass is 35.5. The number of rotatable bonds is 6. The Morgan fingerprint density at radius 2 is 1.90 bits per heavy atom. The Bertz CT molecular complexity index is 1290. The van der Waals surface area contributed by atoms with E-state index in [2.05, 4.69) is 0 Å². The van der Waals surface area contributed by atoms with Gasteiger partial charge in [-0.25, -0.2) is 4.79 Å². The molecule has 8 heteroatoms. The lowest BCUT2D eigenvalue weighted by Gasteiger charge is -2.08. The van der Waals surface area contributed by atoms with Crippen LogP contribution in [0.4, 0.5) is 0 Å². The first-order valence-electron chi connectivity index (χ1n) is 10.3. The van der Waals surface area contributed by atoms with Gasteiger partial charge in [-0.1, -0.05) is 11.6 Å². The van der Waals surface area contributed by atoms with Gasteiger partial charge in [-0.2, -0.15) is 0 Å². The molecule has 2 aromatic carbocycles. The zero-order chi connectivity index (χ0) is 24.6. The number of carbonyl (C=O) groups is 3. The van der Waals surface area contributed by atoms with E-state index in [4.69, 9.17) is 31.7 Å². The average Bonchev–Trinajstić information content (AvgIpc) is 3.05. The predicted molar refractivity (Wildman–Crippen MR) is 107 cm³/mol. The van der Waals surface area contributed by atoms with E-state index in [9.17, 15) is 14.4 Å². The van der Waals surface area contributed by atoms with Gasteiger partial charge < -0.3 is 14.6 Å². The number of ether oxygens (including phenoxy) is 2. The van der Waals surface area contributed by atoms with Gasteiger partial charge in [0.05, 0.1) is 24.5 Å². The Morgan fingerprint density at radius 1 is 1.21 bits per heavy atom. The molecule has 150 valence electrons. The Hall–Kier alpha value is -3.32. The van der Waals surface area contributed by atoms with Crippen molar-refractivity contribution < 1.29 is 34.4 Å². The lowest BCUT2D eigenvalue weighted by Crippen LogP contribution is -2.16. The van der Waals surface area contributed by atoms with Gasteiger partial charge in [0, 0.05) is 21.7 Å². The molecule has 0 aliphatic heterocycles. The summed E-state index contributed by atoms with van der Waals surface area (Å²) in [5, 5.41) is 8.76. The number of hydrogen-bond acceptors (Lipinski definition) is 5. The lowest BCUT2D eigenvalue weighted by atomic mass is 10.1. The van der Waals surface area contributed by atoms with Gasteiger partial charge in [-0.05, 0) is 54.9 Å². The molecule has 1 aromatic heterocycles. The van der Waals surface area contributed by atoms with Crippen molar-refractivity contribution in [1.82, 2.24) is 4.57 Å². The number of aliphatic carboxylic acids is 1. The summed E-state index contributed by atoms with van der Waals surface area (Å²) in [6, 6.07) is 2.44. The van der Waals surface area contributed by atoms with Gasteiger partial charge in [0.15, 0.2) is 6.61 Å². The van der Waals surface area contributed by atoms with Crippen molar-refractivity contribution in [3.05, 3.63) is 64.2 Å². The van der Waals surface area contributed by atoms with E-state index in [-0.39, 0.29) is 12.1 Å². The molecule has 0 unspecified atom stereocenters. The monoisotopic (exact) mass is 419 g/mol. The van der Waals surface area contributed by atoms with Crippen LogP contribution in [0, 0.1) is 6.92 Å². The van der Waals surface area contributed by atoms with Crippen molar-refractivity contribution >= 4 is 40.3 Å². The third-order valence-corrected chi connectivity index (χ3v) is 4.42. The molecule has 0 radical (unpaired) electrons.